The molecular weight excluding hydrogens is 211 g/mol. The van der Waals surface area contributed by atoms with Crippen molar-refractivity contribution in [1.82, 2.24) is 0 Å². The molecule has 0 spiro atoms. The van der Waals surface area contributed by atoms with E-state index in [1.165, 1.54) is 25.3 Å². The summed E-state index contributed by atoms with van der Waals surface area (Å²) < 4.78 is 17.5. The van der Waals surface area contributed by atoms with Gasteiger partial charge in [0.2, 0.25) is 0 Å². The van der Waals surface area contributed by atoms with Gasteiger partial charge in [-0.3, -0.25) is 9.59 Å². The molecule has 0 aliphatic carbocycles. The second kappa shape index (κ2) is 5.66. The number of halogens is 1. The molecule has 0 atom stereocenters. The van der Waals surface area contributed by atoms with Gasteiger partial charge in [-0.05, 0) is 12.1 Å². The third-order valence-corrected chi connectivity index (χ3v) is 1.85. The Hall–Kier alpha value is -2.15. The molecule has 0 unspecified atom stereocenters. The molecular formula is C12H9FO3. The van der Waals surface area contributed by atoms with Crippen LogP contribution in [0.15, 0.2) is 18.2 Å². The first-order valence-electron chi connectivity index (χ1n) is 4.48. The van der Waals surface area contributed by atoms with Gasteiger partial charge < -0.3 is 4.74 Å². The first kappa shape index (κ1) is 11.9. The molecule has 0 aliphatic rings. The summed E-state index contributed by atoms with van der Waals surface area (Å²) in [6.45, 7) is 0. The molecule has 3 nitrogen and oxygen atoms in total. The van der Waals surface area contributed by atoms with Gasteiger partial charge in [-0.15, -0.1) is 0 Å². The molecule has 0 heterocycles. The van der Waals surface area contributed by atoms with E-state index in [4.69, 9.17) is 0 Å². The lowest BCUT2D eigenvalue weighted by molar-refractivity contribution is -0.139. The van der Waals surface area contributed by atoms with Crippen molar-refractivity contribution in [2.75, 3.05) is 7.11 Å². The number of hydrogen-bond donors (Lipinski definition) is 0. The number of esters is 1. The van der Waals surface area contributed by atoms with E-state index in [1.807, 2.05) is 0 Å². The van der Waals surface area contributed by atoms with Crippen LogP contribution in [0.5, 0.6) is 0 Å². The molecule has 82 valence electrons. The SMILES string of the molecule is COC(=O)CC#Cc1cccc(F)c1C=O. The van der Waals surface area contributed by atoms with Crippen molar-refractivity contribution < 1.29 is 18.7 Å². The van der Waals surface area contributed by atoms with Gasteiger partial charge in [0.15, 0.2) is 6.29 Å². The number of carbonyl (C=O) groups excluding carboxylic acids is 2. The van der Waals surface area contributed by atoms with Crippen LogP contribution in [0.4, 0.5) is 4.39 Å². The highest BCUT2D eigenvalue weighted by atomic mass is 19.1. The Kier molecular flexibility index (Phi) is 4.22. The van der Waals surface area contributed by atoms with Gasteiger partial charge in [0, 0.05) is 5.56 Å². The van der Waals surface area contributed by atoms with Gasteiger partial charge in [-0.25, -0.2) is 4.39 Å². The third kappa shape index (κ3) is 2.92. The van der Waals surface area contributed by atoms with Crippen LogP contribution in [0, 0.1) is 17.7 Å². The smallest absolute Gasteiger partial charge is 0.317 e. The van der Waals surface area contributed by atoms with Crippen molar-refractivity contribution in [3.63, 3.8) is 0 Å². The minimum Gasteiger partial charge on any atom is -0.468 e. The lowest BCUT2D eigenvalue weighted by Gasteiger charge is -1.97. The predicted octanol–water partition coefficient (Wildman–Crippen LogP) is 1.55. The van der Waals surface area contributed by atoms with Crippen molar-refractivity contribution in [1.29, 1.82) is 0 Å². The summed E-state index contributed by atoms with van der Waals surface area (Å²) in [5.74, 6) is 3.95. The molecule has 16 heavy (non-hydrogen) atoms. The maximum absolute atomic E-state index is 13.1. The van der Waals surface area contributed by atoms with Crippen LogP contribution >= 0.6 is 0 Å². The van der Waals surface area contributed by atoms with Crippen LogP contribution < -0.4 is 0 Å². The number of carbonyl (C=O) groups is 2. The van der Waals surface area contributed by atoms with Crippen molar-refractivity contribution >= 4 is 12.3 Å². The van der Waals surface area contributed by atoms with E-state index in [1.54, 1.807) is 0 Å². The monoisotopic (exact) mass is 220 g/mol. The molecule has 4 heteroatoms. The number of benzene rings is 1. The normalized spacial score (nSPS) is 8.88. The number of aldehydes is 1. The standard InChI is InChI=1S/C12H9FO3/c1-16-12(15)7-3-5-9-4-2-6-11(13)10(9)8-14/h2,4,6,8H,7H2,1H3. The second-order valence-corrected chi connectivity index (χ2v) is 2.87. The third-order valence-electron chi connectivity index (χ3n) is 1.85. The zero-order valence-corrected chi connectivity index (χ0v) is 8.62. The van der Waals surface area contributed by atoms with Crippen LogP contribution in [0.1, 0.15) is 22.3 Å². The average Bonchev–Trinajstić information content (AvgIpc) is 2.29. The fourth-order valence-electron chi connectivity index (χ4n) is 1.05. The Labute approximate surface area is 92.2 Å². The molecule has 0 saturated carbocycles. The summed E-state index contributed by atoms with van der Waals surface area (Å²) in [5, 5.41) is 0. The molecule has 1 aromatic carbocycles. The van der Waals surface area contributed by atoms with E-state index >= 15 is 0 Å². The quantitative estimate of drug-likeness (QED) is 0.431. The number of hydrogen-bond acceptors (Lipinski definition) is 3. The summed E-state index contributed by atoms with van der Waals surface area (Å²) in [4.78, 5) is 21.4. The van der Waals surface area contributed by atoms with Gasteiger partial charge in [0.05, 0.1) is 12.7 Å². The summed E-state index contributed by atoms with van der Waals surface area (Å²) in [7, 11) is 1.25. The Morgan fingerprint density at radius 2 is 2.31 bits per heavy atom. The van der Waals surface area contributed by atoms with Crippen molar-refractivity contribution in [2.24, 2.45) is 0 Å². The van der Waals surface area contributed by atoms with Gasteiger partial charge in [0.1, 0.15) is 12.2 Å². The second-order valence-electron chi connectivity index (χ2n) is 2.87. The molecule has 0 saturated heterocycles. The van der Waals surface area contributed by atoms with E-state index < -0.39 is 11.8 Å². The van der Waals surface area contributed by atoms with Gasteiger partial charge in [-0.2, -0.15) is 0 Å². The van der Waals surface area contributed by atoms with E-state index in [9.17, 15) is 14.0 Å². The van der Waals surface area contributed by atoms with Crippen molar-refractivity contribution in [3.05, 3.63) is 35.1 Å². The summed E-state index contributed by atoms with van der Waals surface area (Å²) in [5.41, 5.74) is 0.166. The highest BCUT2D eigenvalue weighted by Gasteiger charge is 2.04. The Bertz CT molecular complexity index is 469. The van der Waals surface area contributed by atoms with Crippen LogP contribution in [-0.2, 0) is 9.53 Å². The highest BCUT2D eigenvalue weighted by molar-refractivity contribution is 5.80. The minimum atomic E-state index is -0.625. The Balaban J connectivity index is 2.92. The Morgan fingerprint density at radius 1 is 1.56 bits per heavy atom. The maximum atomic E-state index is 13.1. The number of rotatable bonds is 2. The summed E-state index contributed by atoms with van der Waals surface area (Å²) in [6.07, 6.45) is 0.308. The van der Waals surface area contributed by atoms with Crippen LogP contribution in [0.3, 0.4) is 0 Å². The maximum Gasteiger partial charge on any atom is 0.317 e. The molecule has 1 rings (SSSR count). The molecule has 0 bridgehead atoms. The van der Waals surface area contributed by atoms with Gasteiger partial charge in [0.25, 0.3) is 0 Å². The molecule has 0 amide bonds. The number of methoxy groups -OCH3 is 1. The minimum absolute atomic E-state index is 0.0920. The lowest BCUT2D eigenvalue weighted by atomic mass is 10.1. The largest absolute Gasteiger partial charge is 0.468 e. The molecule has 0 aliphatic heterocycles. The van der Waals surface area contributed by atoms with Crippen molar-refractivity contribution in [3.8, 4) is 11.8 Å². The van der Waals surface area contributed by atoms with E-state index in [2.05, 4.69) is 16.6 Å². The zero-order valence-electron chi connectivity index (χ0n) is 8.62. The summed E-state index contributed by atoms with van der Waals surface area (Å²) in [6, 6.07) is 4.14. The first-order valence-corrected chi connectivity index (χ1v) is 4.48. The van der Waals surface area contributed by atoms with Crippen LogP contribution in [-0.4, -0.2) is 19.4 Å². The van der Waals surface area contributed by atoms with E-state index in [0.29, 0.717) is 6.29 Å². The van der Waals surface area contributed by atoms with Gasteiger partial charge >= 0.3 is 5.97 Å². The predicted molar refractivity (Wildman–Crippen MR) is 55.3 cm³/mol. The number of ether oxygens (including phenoxy) is 1. The molecule has 1 aromatic rings. The Morgan fingerprint density at radius 3 is 2.94 bits per heavy atom. The molecule has 0 fully saturated rings. The highest BCUT2D eigenvalue weighted by Crippen LogP contribution is 2.09. The van der Waals surface area contributed by atoms with E-state index in [-0.39, 0.29) is 17.5 Å². The molecule has 0 radical (unpaired) electrons. The first-order chi connectivity index (χ1) is 7.69. The van der Waals surface area contributed by atoms with Gasteiger partial charge in [-0.1, -0.05) is 17.9 Å². The zero-order chi connectivity index (χ0) is 12.0. The topological polar surface area (TPSA) is 43.4 Å². The van der Waals surface area contributed by atoms with Crippen LogP contribution in [0.25, 0.3) is 0 Å². The molecule has 0 N–H and O–H groups in total. The molecule has 0 aromatic heterocycles. The lowest BCUT2D eigenvalue weighted by Crippen LogP contribution is -1.97. The fourth-order valence-corrected chi connectivity index (χ4v) is 1.05. The van der Waals surface area contributed by atoms with Crippen molar-refractivity contribution in [2.45, 2.75) is 6.42 Å². The van der Waals surface area contributed by atoms with Crippen LogP contribution in [0.2, 0.25) is 0 Å². The summed E-state index contributed by atoms with van der Waals surface area (Å²) >= 11 is 0. The van der Waals surface area contributed by atoms with E-state index in [0.717, 1.165) is 0 Å². The fraction of sp³-hybridized carbons (Fsp3) is 0.167. The average molecular weight is 220 g/mol.